The summed E-state index contributed by atoms with van der Waals surface area (Å²) in [7, 11) is 1.60. The van der Waals surface area contributed by atoms with Crippen LogP contribution in [0.15, 0.2) is 24.3 Å². The van der Waals surface area contributed by atoms with Gasteiger partial charge in [0.05, 0.1) is 0 Å². The first-order valence-corrected chi connectivity index (χ1v) is 8.63. The van der Waals surface area contributed by atoms with Gasteiger partial charge in [0.15, 0.2) is 0 Å². The van der Waals surface area contributed by atoms with E-state index in [1.807, 2.05) is 0 Å². The highest BCUT2D eigenvalue weighted by Crippen LogP contribution is 2.42. The summed E-state index contributed by atoms with van der Waals surface area (Å²) in [5, 5.41) is 0. The number of nitrogens with two attached hydrogens (primary N) is 1. The van der Waals surface area contributed by atoms with Gasteiger partial charge in [-0.15, -0.1) is 13.2 Å². The van der Waals surface area contributed by atoms with E-state index in [-0.39, 0.29) is 23.6 Å². The van der Waals surface area contributed by atoms with Crippen LogP contribution in [0.3, 0.4) is 0 Å². The van der Waals surface area contributed by atoms with Gasteiger partial charge in [0, 0.05) is 30.8 Å². The number of anilines is 1. The van der Waals surface area contributed by atoms with Gasteiger partial charge >= 0.3 is 6.36 Å². The number of carbonyl (C=O) groups is 1. The lowest BCUT2D eigenvalue weighted by molar-refractivity contribution is -0.274. The predicted octanol–water partition coefficient (Wildman–Crippen LogP) is 3.70. The van der Waals surface area contributed by atoms with Crippen molar-refractivity contribution in [2.75, 3.05) is 11.9 Å². The normalized spacial score (nSPS) is 29.2. The number of halogens is 3. The smallest absolute Gasteiger partial charge is 0.406 e. The number of nitrogens with zero attached hydrogens (tertiary/aromatic N) is 1. The average molecular weight is 356 g/mol. The molecule has 2 unspecified atom stereocenters. The molecule has 3 rings (SSSR count). The Morgan fingerprint density at radius 2 is 1.88 bits per heavy atom. The third kappa shape index (κ3) is 4.08. The highest BCUT2D eigenvalue weighted by Gasteiger charge is 2.41. The molecule has 2 saturated carbocycles. The van der Waals surface area contributed by atoms with Crippen molar-refractivity contribution in [3.05, 3.63) is 24.3 Å². The number of amides is 1. The largest absolute Gasteiger partial charge is 0.573 e. The van der Waals surface area contributed by atoms with Crippen molar-refractivity contribution in [2.24, 2.45) is 23.5 Å². The van der Waals surface area contributed by atoms with E-state index in [9.17, 15) is 18.0 Å². The summed E-state index contributed by atoms with van der Waals surface area (Å²) in [5.41, 5.74) is 6.66. The maximum absolute atomic E-state index is 12.9. The molecule has 2 N–H and O–H groups in total. The molecule has 0 radical (unpaired) electrons. The van der Waals surface area contributed by atoms with Crippen molar-refractivity contribution in [1.82, 2.24) is 0 Å². The molecule has 0 aromatic heterocycles. The zero-order valence-electron chi connectivity index (χ0n) is 14.1. The van der Waals surface area contributed by atoms with E-state index in [1.165, 1.54) is 23.1 Å². The first-order valence-electron chi connectivity index (χ1n) is 8.63. The van der Waals surface area contributed by atoms with Crippen LogP contribution in [0.4, 0.5) is 18.9 Å². The van der Waals surface area contributed by atoms with E-state index in [2.05, 4.69) is 4.74 Å². The van der Waals surface area contributed by atoms with Crippen LogP contribution in [0, 0.1) is 17.8 Å². The van der Waals surface area contributed by atoms with Gasteiger partial charge < -0.3 is 15.4 Å². The fourth-order valence-corrected chi connectivity index (χ4v) is 4.28. The first-order chi connectivity index (χ1) is 11.7. The van der Waals surface area contributed by atoms with E-state index >= 15 is 0 Å². The number of carbonyl (C=O) groups excluding carboxylic acids is 1. The molecule has 0 spiro atoms. The molecule has 0 heterocycles. The second kappa shape index (κ2) is 6.86. The third-order valence-corrected chi connectivity index (χ3v) is 5.53. The summed E-state index contributed by atoms with van der Waals surface area (Å²) >= 11 is 0. The van der Waals surface area contributed by atoms with Crippen LogP contribution in [0.5, 0.6) is 5.75 Å². The Labute approximate surface area is 145 Å². The third-order valence-electron chi connectivity index (χ3n) is 5.53. The molecule has 2 aliphatic rings. The Balaban J connectivity index is 1.71. The molecule has 1 aromatic carbocycles. The zero-order valence-corrected chi connectivity index (χ0v) is 14.1. The number of alkyl halides is 3. The molecule has 0 saturated heterocycles. The van der Waals surface area contributed by atoms with Crippen molar-refractivity contribution < 1.29 is 22.7 Å². The lowest BCUT2D eigenvalue weighted by Gasteiger charge is -2.44. The van der Waals surface area contributed by atoms with Crippen molar-refractivity contribution in [3.8, 4) is 5.75 Å². The van der Waals surface area contributed by atoms with Gasteiger partial charge in [0.2, 0.25) is 5.91 Å². The van der Waals surface area contributed by atoms with Crippen LogP contribution in [0.2, 0.25) is 0 Å². The molecule has 2 bridgehead atoms. The standard InChI is InChI=1S/C18H23F3N2O2/c1-23(14-6-3-7-15(10-14)25-18(19,20)21)17(24)13-8-11-4-2-5-12(9-13)16(11)22/h3,6-7,10-13,16H,2,4-5,8-9,22H2,1H3. The molecule has 2 atom stereocenters. The fraction of sp³-hybridized carbons (Fsp3) is 0.611. The van der Waals surface area contributed by atoms with E-state index < -0.39 is 6.36 Å². The van der Waals surface area contributed by atoms with E-state index in [0.29, 0.717) is 17.5 Å². The summed E-state index contributed by atoms with van der Waals surface area (Å²) in [4.78, 5) is 14.3. The second-order valence-electron chi connectivity index (χ2n) is 7.14. The molecular weight excluding hydrogens is 333 g/mol. The second-order valence-corrected chi connectivity index (χ2v) is 7.14. The topological polar surface area (TPSA) is 55.6 Å². The Kier molecular flexibility index (Phi) is 4.95. The molecule has 4 nitrogen and oxygen atoms in total. The summed E-state index contributed by atoms with van der Waals surface area (Å²) in [6.45, 7) is 0. The number of fused-ring (bicyclic) bond motifs is 2. The highest BCUT2D eigenvalue weighted by molar-refractivity contribution is 5.94. The average Bonchev–Trinajstić information content (AvgIpc) is 2.52. The zero-order chi connectivity index (χ0) is 18.2. The number of ether oxygens (including phenoxy) is 1. The van der Waals surface area contributed by atoms with E-state index in [4.69, 9.17) is 5.73 Å². The maximum Gasteiger partial charge on any atom is 0.573 e. The molecule has 138 valence electrons. The monoisotopic (exact) mass is 356 g/mol. The molecule has 7 heteroatoms. The molecule has 0 aliphatic heterocycles. The molecule has 1 aromatic rings. The minimum Gasteiger partial charge on any atom is -0.406 e. The minimum absolute atomic E-state index is 0.0621. The summed E-state index contributed by atoms with van der Waals surface area (Å²) in [6, 6.07) is 5.69. The van der Waals surface area contributed by atoms with Crippen LogP contribution in [-0.4, -0.2) is 25.4 Å². The van der Waals surface area contributed by atoms with Gasteiger partial charge in [-0.2, -0.15) is 0 Å². The van der Waals surface area contributed by atoms with E-state index in [1.54, 1.807) is 13.1 Å². The molecule has 25 heavy (non-hydrogen) atoms. The molecule has 2 fully saturated rings. The number of benzene rings is 1. The van der Waals surface area contributed by atoms with Crippen molar-refractivity contribution in [2.45, 2.75) is 44.5 Å². The maximum atomic E-state index is 12.9. The first kappa shape index (κ1) is 18.0. The lowest BCUT2D eigenvalue weighted by atomic mass is 9.65. The molecular formula is C18H23F3N2O2. The predicted molar refractivity (Wildman–Crippen MR) is 88.1 cm³/mol. The van der Waals surface area contributed by atoms with Crippen LogP contribution in [0.1, 0.15) is 32.1 Å². The Morgan fingerprint density at radius 1 is 1.24 bits per heavy atom. The summed E-state index contributed by atoms with van der Waals surface area (Å²) < 4.78 is 41.1. The van der Waals surface area contributed by atoms with Gasteiger partial charge in [0.1, 0.15) is 5.75 Å². The van der Waals surface area contributed by atoms with Crippen LogP contribution in [0.25, 0.3) is 0 Å². The SMILES string of the molecule is CN(C(=O)C1CC2CCCC(C1)C2N)c1cccc(OC(F)(F)F)c1. The Hall–Kier alpha value is -1.76. The Bertz CT molecular complexity index is 621. The van der Waals surface area contributed by atoms with Gasteiger partial charge in [-0.25, -0.2) is 0 Å². The lowest BCUT2D eigenvalue weighted by Crippen LogP contribution is -2.49. The number of rotatable bonds is 3. The number of hydrogen-bond donors (Lipinski definition) is 1. The van der Waals surface area contributed by atoms with Gasteiger partial charge in [-0.3, -0.25) is 4.79 Å². The van der Waals surface area contributed by atoms with Gasteiger partial charge in [-0.1, -0.05) is 12.5 Å². The molecule has 2 aliphatic carbocycles. The fourth-order valence-electron chi connectivity index (χ4n) is 4.28. The van der Waals surface area contributed by atoms with Crippen LogP contribution in [-0.2, 0) is 4.79 Å². The number of hydrogen-bond acceptors (Lipinski definition) is 3. The molecule has 1 amide bonds. The van der Waals surface area contributed by atoms with Crippen molar-refractivity contribution in [1.29, 1.82) is 0 Å². The van der Waals surface area contributed by atoms with E-state index in [0.717, 1.165) is 32.1 Å². The van der Waals surface area contributed by atoms with Crippen molar-refractivity contribution >= 4 is 11.6 Å². The quantitative estimate of drug-likeness (QED) is 0.898. The van der Waals surface area contributed by atoms with Crippen LogP contribution >= 0.6 is 0 Å². The summed E-state index contributed by atoms with van der Waals surface area (Å²) in [6.07, 6.45) is 0.0497. The highest BCUT2D eigenvalue weighted by atomic mass is 19.4. The Morgan fingerprint density at radius 3 is 2.48 bits per heavy atom. The van der Waals surface area contributed by atoms with Crippen molar-refractivity contribution in [3.63, 3.8) is 0 Å². The van der Waals surface area contributed by atoms with Gasteiger partial charge in [-0.05, 0) is 49.7 Å². The van der Waals surface area contributed by atoms with Gasteiger partial charge in [0.25, 0.3) is 0 Å². The summed E-state index contributed by atoms with van der Waals surface area (Å²) in [5.74, 6) is 0.233. The van der Waals surface area contributed by atoms with Crippen LogP contribution < -0.4 is 15.4 Å². The minimum atomic E-state index is -4.75.